The smallest absolute Gasteiger partial charge is 0.341 e. The van der Waals surface area contributed by atoms with Crippen molar-refractivity contribution in [1.29, 1.82) is 0 Å². The highest BCUT2D eigenvalue weighted by Crippen LogP contribution is 2.30. The molecular weight excluding hydrogens is 418 g/mol. The van der Waals surface area contributed by atoms with Crippen molar-refractivity contribution < 1.29 is 22.7 Å². The van der Waals surface area contributed by atoms with Crippen LogP contribution in [0, 0.1) is 13.8 Å². The summed E-state index contributed by atoms with van der Waals surface area (Å²) >= 11 is 0. The summed E-state index contributed by atoms with van der Waals surface area (Å²) < 4.78 is 32.5. The number of benzene rings is 1. The first-order valence-electron chi connectivity index (χ1n) is 10.4. The number of hydrogen-bond donors (Lipinski definition) is 2. The summed E-state index contributed by atoms with van der Waals surface area (Å²) in [5, 5.41) is 2.96. The fourth-order valence-electron chi connectivity index (χ4n) is 4.12. The molecule has 1 aliphatic rings. The number of hydrogen-bond acceptors (Lipinski definition) is 5. The van der Waals surface area contributed by atoms with Gasteiger partial charge in [-0.2, -0.15) is 4.31 Å². The van der Waals surface area contributed by atoms with Gasteiger partial charge in [-0.25, -0.2) is 13.2 Å². The van der Waals surface area contributed by atoms with Crippen LogP contribution in [0.2, 0.25) is 0 Å². The van der Waals surface area contributed by atoms with Gasteiger partial charge in [0.25, 0.3) is 0 Å². The standard InChI is InChI=1S/C22H29N3O5S/c1-5-30-22(27)20-14(2)23-15(3)21(20)31(28,29)25(4)13-19(26)24-18-12-8-10-16-9-6-7-11-17(16)18/h6-7,9,11,18,23H,5,8,10,12-13H2,1-4H3,(H,24,26)/t18-/m0/s1. The fourth-order valence-corrected chi connectivity index (χ4v) is 5.65. The number of ether oxygens (including phenoxy) is 1. The number of H-pyrrole nitrogens is 1. The van der Waals surface area contributed by atoms with E-state index in [4.69, 9.17) is 4.74 Å². The summed E-state index contributed by atoms with van der Waals surface area (Å²) in [5.74, 6) is -1.10. The Morgan fingerprint density at radius 1 is 1.23 bits per heavy atom. The Balaban J connectivity index is 1.79. The molecule has 0 saturated heterocycles. The summed E-state index contributed by atoms with van der Waals surface area (Å²) in [4.78, 5) is 27.8. The molecule has 0 aliphatic heterocycles. The first kappa shape index (κ1) is 23.0. The van der Waals surface area contributed by atoms with Crippen LogP contribution in [-0.4, -0.2) is 49.8 Å². The molecule has 2 N–H and O–H groups in total. The summed E-state index contributed by atoms with van der Waals surface area (Å²) in [7, 11) is -2.77. The second-order valence-electron chi connectivity index (χ2n) is 7.77. The zero-order chi connectivity index (χ0) is 22.8. The van der Waals surface area contributed by atoms with Crippen LogP contribution >= 0.6 is 0 Å². The average Bonchev–Trinajstić information content (AvgIpc) is 3.03. The number of rotatable bonds is 7. The van der Waals surface area contributed by atoms with E-state index >= 15 is 0 Å². The Labute approximate surface area is 183 Å². The van der Waals surface area contributed by atoms with E-state index in [1.54, 1.807) is 20.8 Å². The Morgan fingerprint density at radius 3 is 2.65 bits per heavy atom. The predicted octanol–water partition coefficient (Wildman–Crippen LogP) is 2.62. The number of esters is 1. The van der Waals surface area contributed by atoms with E-state index in [1.165, 1.54) is 12.6 Å². The number of sulfonamides is 1. The molecule has 1 amide bonds. The number of nitrogens with one attached hydrogen (secondary N) is 2. The van der Waals surface area contributed by atoms with E-state index in [2.05, 4.69) is 16.4 Å². The van der Waals surface area contributed by atoms with Crippen LogP contribution in [0.15, 0.2) is 29.2 Å². The van der Waals surface area contributed by atoms with Gasteiger partial charge in [-0.05, 0) is 51.2 Å². The molecule has 0 fully saturated rings. The highest BCUT2D eigenvalue weighted by atomic mass is 32.2. The maximum atomic E-state index is 13.2. The molecule has 31 heavy (non-hydrogen) atoms. The van der Waals surface area contributed by atoms with E-state index in [0.717, 1.165) is 29.1 Å². The maximum absolute atomic E-state index is 13.2. The van der Waals surface area contributed by atoms with Crippen LogP contribution in [0.5, 0.6) is 0 Å². The number of nitrogens with zero attached hydrogens (tertiary/aromatic N) is 1. The lowest BCUT2D eigenvalue weighted by Crippen LogP contribution is -2.40. The van der Waals surface area contributed by atoms with Crippen LogP contribution in [0.1, 0.15) is 58.7 Å². The summed E-state index contributed by atoms with van der Waals surface area (Å²) in [5.41, 5.74) is 3.00. The number of fused-ring (bicyclic) bond motifs is 1. The number of carbonyl (C=O) groups excluding carboxylic acids is 2. The second-order valence-corrected chi connectivity index (χ2v) is 9.75. The molecule has 0 bridgehead atoms. The number of amides is 1. The predicted molar refractivity (Wildman–Crippen MR) is 116 cm³/mol. The Kier molecular flexibility index (Phi) is 6.86. The molecule has 1 heterocycles. The van der Waals surface area contributed by atoms with Crippen molar-refractivity contribution in [3.63, 3.8) is 0 Å². The molecule has 1 aromatic carbocycles. The molecular formula is C22H29N3O5S. The molecule has 1 aliphatic carbocycles. The van der Waals surface area contributed by atoms with Crippen LogP contribution in [0.3, 0.4) is 0 Å². The van der Waals surface area contributed by atoms with Crippen molar-refractivity contribution in [1.82, 2.24) is 14.6 Å². The van der Waals surface area contributed by atoms with E-state index in [0.29, 0.717) is 11.4 Å². The lowest BCUT2D eigenvalue weighted by molar-refractivity contribution is -0.122. The topological polar surface area (TPSA) is 109 Å². The Hall–Kier alpha value is -2.65. The molecule has 2 aromatic rings. The van der Waals surface area contributed by atoms with Gasteiger partial charge >= 0.3 is 5.97 Å². The zero-order valence-corrected chi connectivity index (χ0v) is 19.1. The van der Waals surface area contributed by atoms with Crippen LogP contribution < -0.4 is 5.32 Å². The minimum Gasteiger partial charge on any atom is -0.462 e. The van der Waals surface area contributed by atoms with E-state index in [-0.39, 0.29) is 29.7 Å². The van der Waals surface area contributed by atoms with Crippen LogP contribution in [0.4, 0.5) is 0 Å². The maximum Gasteiger partial charge on any atom is 0.341 e. The lowest BCUT2D eigenvalue weighted by Gasteiger charge is -2.27. The number of aromatic nitrogens is 1. The molecule has 0 saturated carbocycles. The molecule has 0 spiro atoms. The molecule has 0 unspecified atom stereocenters. The van der Waals surface area contributed by atoms with Crippen molar-refractivity contribution in [3.8, 4) is 0 Å². The van der Waals surface area contributed by atoms with Gasteiger partial charge in [-0.1, -0.05) is 24.3 Å². The van der Waals surface area contributed by atoms with Crippen molar-refractivity contribution >= 4 is 21.9 Å². The van der Waals surface area contributed by atoms with Crippen molar-refractivity contribution in [3.05, 3.63) is 52.3 Å². The van der Waals surface area contributed by atoms with Crippen molar-refractivity contribution in [2.24, 2.45) is 0 Å². The number of likely N-dealkylation sites (N-methyl/N-ethyl adjacent to an activating group) is 1. The molecule has 9 heteroatoms. The normalized spacial score (nSPS) is 16.1. The number of carbonyl (C=O) groups is 2. The number of aryl methyl sites for hydroxylation is 3. The van der Waals surface area contributed by atoms with Crippen molar-refractivity contribution in [2.45, 2.75) is 51.0 Å². The summed E-state index contributed by atoms with van der Waals surface area (Å²) in [6, 6.07) is 7.83. The van der Waals surface area contributed by atoms with E-state index in [9.17, 15) is 18.0 Å². The Morgan fingerprint density at radius 2 is 1.94 bits per heavy atom. The Bertz CT molecular complexity index is 1090. The van der Waals surface area contributed by atoms with E-state index in [1.807, 2.05) is 18.2 Å². The van der Waals surface area contributed by atoms with Gasteiger partial charge in [-0.15, -0.1) is 0 Å². The van der Waals surface area contributed by atoms with Gasteiger partial charge < -0.3 is 15.0 Å². The number of aromatic amines is 1. The van der Waals surface area contributed by atoms with Gasteiger partial charge in [0.1, 0.15) is 10.5 Å². The third-order valence-corrected chi connectivity index (χ3v) is 7.51. The van der Waals surface area contributed by atoms with Gasteiger partial charge in [0.2, 0.25) is 15.9 Å². The molecule has 1 atom stereocenters. The van der Waals surface area contributed by atoms with Gasteiger partial charge in [0, 0.05) is 18.4 Å². The summed E-state index contributed by atoms with van der Waals surface area (Å²) in [6.07, 6.45) is 2.74. The first-order valence-corrected chi connectivity index (χ1v) is 11.8. The van der Waals surface area contributed by atoms with Crippen molar-refractivity contribution in [2.75, 3.05) is 20.2 Å². The third kappa shape index (κ3) is 4.67. The third-order valence-electron chi connectivity index (χ3n) is 5.54. The highest BCUT2D eigenvalue weighted by molar-refractivity contribution is 7.89. The molecule has 168 valence electrons. The van der Waals surface area contributed by atoms with Gasteiger partial charge in [-0.3, -0.25) is 4.79 Å². The second kappa shape index (κ2) is 9.23. The zero-order valence-electron chi connectivity index (χ0n) is 18.3. The first-order chi connectivity index (χ1) is 14.7. The molecule has 0 radical (unpaired) electrons. The molecule has 3 rings (SSSR count). The largest absolute Gasteiger partial charge is 0.462 e. The minimum atomic E-state index is -4.10. The lowest BCUT2D eigenvalue weighted by atomic mass is 9.88. The molecule has 8 nitrogen and oxygen atoms in total. The van der Waals surface area contributed by atoms with Gasteiger partial charge in [0.15, 0.2) is 0 Å². The van der Waals surface area contributed by atoms with Crippen LogP contribution in [-0.2, 0) is 26.0 Å². The highest BCUT2D eigenvalue weighted by Gasteiger charge is 2.34. The van der Waals surface area contributed by atoms with E-state index < -0.39 is 21.9 Å². The summed E-state index contributed by atoms with van der Waals surface area (Å²) in [6.45, 7) is 4.62. The van der Waals surface area contributed by atoms with Crippen LogP contribution in [0.25, 0.3) is 0 Å². The quantitative estimate of drug-likeness (QED) is 0.634. The minimum absolute atomic E-state index is 0.0205. The monoisotopic (exact) mass is 447 g/mol. The average molecular weight is 448 g/mol. The molecule has 1 aromatic heterocycles. The van der Waals surface area contributed by atoms with Gasteiger partial charge in [0.05, 0.1) is 19.2 Å². The SMILES string of the molecule is CCOC(=O)c1c(C)[nH]c(C)c1S(=O)(=O)N(C)CC(=O)N[C@H]1CCCc2ccccc21. The fraction of sp³-hybridized carbons (Fsp3) is 0.455.